The van der Waals surface area contributed by atoms with Crippen LogP contribution in [0, 0.1) is 0 Å². The van der Waals surface area contributed by atoms with Crippen molar-refractivity contribution in [1.82, 2.24) is 14.5 Å². The Balaban J connectivity index is 1.80. The van der Waals surface area contributed by atoms with Gasteiger partial charge in [0.15, 0.2) is 0 Å². The van der Waals surface area contributed by atoms with Crippen LogP contribution in [0.25, 0.3) is 0 Å². The highest BCUT2D eigenvalue weighted by molar-refractivity contribution is 7.88. The van der Waals surface area contributed by atoms with Gasteiger partial charge in [0.2, 0.25) is 21.8 Å². The van der Waals surface area contributed by atoms with Crippen molar-refractivity contribution >= 4 is 21.8 Å². The normalized spacial score (nSPS) is 12.0. The van der Waals surface area contributed by atoms with Crippen LogP contribution < -0.4 is 14.8 Å². The molecule has 39 heavy (non-hydrogen) atoms. The summed E-state index contributed by atoms with van der Waals surface area (Å²) in [6.07, 6.45) is 1.07. The average Bonchev–Trinajstić information content (AvgIpc) is 2.94. The van der Waals surface area contributed by atoms with Crippen LogP contribution in [0.4, 0.5) is 0 Å². The van der Waals surface area contributed by atoms with Crippen molar-refractivity contribution in [1.29, 1.82) is 0 Å². The van der Waals surface area contributed by atoms with Gasteiger partial charge in [0, 0.05) is 19.6 Å². The molecule has 0 aliphatic rings. The first-order valence-electron chi connectivity index (χ1n) is 12.4. The Labute approximate surface area is 230 Å². The van der Waals surface area contributed by atoms with Gasteiger partial charge in [-0.3, -0.25) is 9.59 Å². The predicted octanol–water partition coefficient (Wildman–Crippen LogP) is 3.20. The fraction of sp³-hybridized carbons (Fsp3) is 0.310. The van der Waals surface area contributed by atoms with Gasteiger partial charge in [0.05, 0.1) is 27.0 Å². The number of carbonyl (C=O) groups excluding carboxylic acids is 2. The van der Waals surface area contributed by atoms with E-state index >= 15 is 0 Å². The van der Waals surface area contributed by atoms with Crippen molar-refractivity contribution in [3.8, 4) is 11.5 Å². The molecule has 1 N–H and O–H groups in total. The third-order valence-corrected chi connectivity index (χ3v) is 7.48. The molecule has 0 aliphatic heterocycles. The second-order valence-electron chi connectivity index (χ2n) is 9.13. The molecule has 2 amide bonds. The van der Waals surface area contributed by atoms with Crippen LogP contribution in [0.5, 0.6) is 11.5 Å². The first-order valence-corrected chi connectivity index (χ1v) is 14.3. The quantitative estimate of drug-likeness (QED) is 0.349. The lowest BCUT2D eigenvalue weighted by atomic mass is 10.1. The first-order chi connectivity index (χ1) is 18.6. The highest BCUT2D eigenvalue weighted by atomic mass is 32.2. The van der Waals surface area contributed by atoms with E-state index in [1.54, 1.807) is 69.7 Å². The number of benzene rings is 3. The second kappa shape index (κ2) is 13.8. The molecule has 0 saturated carbocycles. The van der Waals surface area contributed by atoms with Crippen molar-refractivity contribution in [2.24, 2.45) is 0 Å². The summed E-state index contributed by atoms with van der Waals surface area (Å²) in [6, 6.07) is 22.6. The number of nitrogens with zero attached hydrogens (tertiary/aromatic N) is 2. The van der Waals surface area contributed by atoms with Crippen LogP contribution in [-0.2, 0) is 39.2 Å². The summed E-state index contributed by atoms with van der Waals surface area (Å²) in [7, 11) is -0.570. The van der Waals surface area contributed by atoms with Crippen molar-refractivity contribution in [3.63, 3.8) is 0 Å². The van der Waals surface area contributed by atoms with Crippen LogP contribution in [0.3, 0.4) is 0 Å². The van der Waals surface area contributed by atoms with Crippen molar-refractivity contribution < 1.29 is 27.5 Å². The number of nitrogens with one attached hydrogen (secondary N) is 1. The van der Waals surface area contributed by atoms with E-state index < -0.39 is 28.5 Å². The summed E-state index contributed by atoms with van der Waals surface area (Å²) in [5.41, 5.74) is 2.39. The minimum atomic E-state index is -3.71. The van der Waals surface area contributed by atoms with Crippen LogP contribution in [0.2, 0.25) is 0 Å². The Hall–Kier alpha value is -3.89. The molecule has 3 rings (SSSR count). The first kappa shape index (κ1) is 29.7. The minimum absolute atomic E-state index is 0.0415. The summed E-state index contributed by atoms with van der Waals surface area (Å²) in [5, 5.41) is 2.87. The highest BCUT2D eigenvalue weighted by Crippen LogP contribution is 2.17. The Morgan fingerprint density at radius 1 is 0.795 bits per heavy atom. The maximum Gasteiger partial charge on any atom is 0.242 e. The van der Waals surface area contributed by atoms with E-state index in [4.69, 9.17) is 9.47 Å². The molecule has 0 heterocycles. The van der Waals surface area contributed by atoms with Crippen LogP contribution >= 0.6 is 0 Å². The van der Waals surface area contributed by atoms with Gasteiger partial charge in [-0.15, -0.1) is 0 Å². The van der Waals surface area contributed by atoms with E-state index in [0.29, 0.717) is 11.5 Å². The molecular weight excluding hydrogens is 518 g/mol. The molecular formula is C29H35N3O6S. The molecule has 0 saturated heterocycles. The van der Waals surface area contributed by atoms with Gasteiger partial charge >= 0.3 is 0 Å². The standard InChI is InChI=1S/C29H35N3O6S/c1-22(29(34)30-18-23-10-14-26(37-2)15-11-23)32(20-25-12-16-27(38-3)17-13-25)28(33)21-31(39(4,35)36)19-24-8-6-5-7-9-24/h5-17,22H,18-21H2,1-4H3,(H,30,34)/t22-/m1/s1. The molecule has 0 aromatic heterocycles. The summed E-state index contributed by atoms with van der Waals surface area (Å²) in [5.74, 6) is 0.523. The molecule has 208 valence electrons. The third-order valence-electron chi connectivity index (χ3n) is 6.29. The van der Waals surface area contributed by atoms with E-state index in [1.165, 1.54) is 4.90 Å². The van der Waals surface area contributed by atoms with Crippen molar-refractivity contribution in [2.75, 3.05) is 27.0 Å². The van der Waals surface area contributed by atoms with Gasteiger partial charge in [-0.25, -0.2) is 8.42 Å². The van der Waals surface area contributed by atoms with E-state index in [2.05, 4.69) is 5.32 Å². The lowest BCUT2D eigenvalue weighted by Gasteiger charge is -2.31. The molecule has 10 heteroatoms. The smallest absolute Gasteiger partial charge is 0.242 e. The molecule has 0 bridgehead atoms. The molecule has 0 fully saturated rings. The zero-order valence-electron chi connectivity index (χ0n) is 22.7. The fourth-order valence-electron chi connectivity index (χ4n) is 3.91. The summed E-state index contributed by atoms with van der Waals surface area (Å²) in [6.45, 7) is 1.65. The van der Waals surface area contributed by atoms with E-state index in [0.717, 1.165) is 27.3 Å². The molecule has 0 aliphatic carbocycles. The highest BCUT2D eigenvalue weighted by Gasteiger charge is 2.30. The summed E-state index contributed by atoms with van der Waals surface area (Å²) < 4.78 is 36.7. The molecule has 9 nitrogen and oxygen atoms in total. The van der Waals surface area contributed by atoms with Crippen LogP contribution in [-0.4, -0.2) is 62.5 Å². The van der Waals surface area contributed by atoms with Crippen LogP contribution in [0.1, 0.15) is 23.6 Å². The van der Waals surface area contributed by atoms with Gasteiger partial charge in [-0.05, 0) is 47.9 Å². The topological polar surface area (TPSA) is 105 Å². The Bertz CT molecular complexity index is 1330. The summed E-state index contributed by atoms with van der Waals surface area (Å²) >= 11 is 0. The van der Waals surface area contributed by atoms with Crippen molar-refractivity contribution in [3.05, 3.63) is 95.6 Å². The molecule has 0 radical (unpaired) electrons. The minimum Gasteiger partial charge on any atom is -0.497 e. The van der Waals surface area contributed by atoms with Gasteiger partial charge in [-0.1, -0.05) is 54.6 Å². The van der Waals surface area contributed by atoms with Crippen LogP contribution in [0.15, 0.2) is 78.9 Å². The third kappa shape index (κ3) is 8.83. The second-order valence-corrected chi connectivity index (χ2v) is 11.1. The maximum absolute atomic E-state index is 13.6. The number of rotatable bonds is 13. The molecule has 1 atom stereocenters. The number of hydrogen-bond acceptors (Lipinski definition) is 6. The number of hydrogen-bond donors (Lipinski definition) is 1. The Kier molecular flexibility index (Phi) is 10.5. The SMILES string of the molecule is COc1ccc(CNC(=O)[C@@H](C)N(Cc2ccc(OC)cc2)C(=O)CN(Cc2ccccc2)S(C)(=O)=O)cc1. The Morgan fingerprint density at radius 3 is 1.82 bits per heavy atom. The summed E-state index contributed by atoms with van der Waals surface area (Å²) in [4.78, 5) is 28.2. The lowest BCUT2D eigenvalue weighted by Crippen LogP contribution is -2.50. The van der Waals surface area contributed by atoms with Crippen molar-refractivity contribution in [2.45, 2.75) is 32.6 Å². The lowest BCUT2D eigenvalue weighted by molar-refractivity contribution is -0.140. The van der Waals surface area contributed by atoms with Gasteiger partial charge in [0.25, 0.3) is 0 Å². The number of carbonyl (C=O) groups is 2. The number of methoxy groups -OCH3 is 2. The molecule has 0 spiro atoms. The van der Waals surface area contributed by atoms with Gasteiger partial charge in [-0.2, -0.15) is 4.31 Å². The predicted molar refractivity (Wildman–Crippen MR) is 150 cm³/mol. The van der Waals surface area contributed by atoms with E-state index in [-0.39, 0.29) is 25.5 Å². The maximum atomic E-state index is 13.6. The molecule has 3 aromatic rings. The zero-order valence-corrected chi connectivity index (χ0v) is 23.5. The number of ether oxygens (including phenoxy) is 2. The fourth-order valence-corrected chi connectivity index (χ4v) is 4.64. The molecule has 0 unspecified atom stereocenters. The molecule has 3 aromatic carbocycles. The number of sulfonamides is 1. The van der Waals surface area contributed by atoms with Gasteiger partial charge < -0.3 is 19.7 Å². The average molecular weight is 554 g/mol. The zero-order chi connectivity index (χ0) is 28.4. The monoisotopic (exact) mass is 553 g/mol. The van der Waals surface area contributed by atoms with E-state index in [1.807, 2.05) is 30.3 Å². The van der Waals surface area contributed by atoms with Gasteiger partial charge in [0.1, 0.15) is 17.5 Å². The largest absolute Gasteiger partial charge is 0.497 e. The number of amides is 2. The Morgan fingerprint density at radius 2 is 1.31 bits per heavy atom. The van der Waals surface area contributed by atoms with E-state index in [9.17, 15) is 18.0 Å².